The van der Waals surface area contributed by atoms with Crippen molar-refractivity contribution < 1.29 is 13.2 Å². The minimum atomic E-state index is -3.54. The van der Waals surface area contributed by atoms with Crippen molar-refractivity contribution in [2.24, 2.45) is 7.05 Å². The molecule has 3 rings (SSSR count). The molecule has 30 heavy (non-hydrogen) atoms. The van der Waals surface area contributed by atoms with Crippen LogP contribution in [0.4, 0.5) is 5.69 Å². The van der Waals surface area contributed by atoms with Crippen LogP contribution in [0.5, 0.6) is 0 Å². The summed E-state index contributed by atoms with van der Waals surface area (Å²) in [6.45, 7) is 4.49. The molecule has 0 saturated carbocycles. The van der Waals surface area contributed by atoms with Gasteiger partial charge in [-0.1, -0.05) is 13.8 Å². The van der Waals surface area contributed by atoms with E-state index >= 15 is 0 Å². The maximum atomic E-state index is 12.5. The van der Waals surface area contributed by atoms with Crippen molar-refractivity contribution in [3.63, 3.8) is 0 Å². The van der Waals surface area contributed by atoms with E-state index in [4.69, 9.17) is 0 Å². The molecule has 2 aromatic heterocycles. The maximum Gasteiger partial charge on any atom is 0.264 e. The molecule has 11 heteroatoms. The normalized spacial score (nSPS) is 11.9. The van der Waals surface area contributed by atoms with Crippen LogP contribution in [0.3, 0.4) is 0 Å². The lowest BCUT2D eigenvalue weighted by molar-refractivity contribution is -0.116. The third-order valence-electron chi connectivity index (χ3n) is 4.78. The van der Waals surface area contributed by atoms with E-state index in [9.17, 15) is 18.0 Å². The number of hydrogen-bond acceptors (Lipinski definition) is 6. The summed E-state index contributed by atoms with van der Waals surface area (Å²) in [5.74, 6) is -0.299. The Labute approximate surface area is 174 Å². The highest BCUT2D eigenvalue weighted by Gasteiger charge is 2.21. The number of nitrogens with zero attached hydrogens (tertiary/aromatic N) is 5. The first kappa shape index (κ1) is 21.7. The number of hydrogen-bond donors (Lipinski definition) is 1. The molecule has 1 aromatic carbocycles. The van der Waals surface area contributed by atoms with E-state index in [0.717, 1.165) is 0 Å². The number of benzene rings is 1. The first-order chi connectivity index (χ1) is 14.3. The molecule has 10 nitrogen and oxygen atoms in total. The van der Waals surface area contributed by atoms with Crippen LogP contribution >= 0.6 is 0 Å². The zero-order valence-corrected chi connectivity index (χ0v) is 17.9. The van der Waals surface area contributed by atoms with Crippen LogP contribution < -0.4 is 10.9 Å². The molecule has 0 radical (unpaired) electrons. The van der Waals surface area contributed by atoms with Crippen molar-refractivity contribution in [2.45, 2.75) is 31.7 Å². The first-order valence-corrected chi connectivity index (χ1v) is 11.0. The minimum absolute atomic E-state index is 0.0624. The van der Waals surface area contributed by atoms with Crippen molar-refractivity contribution in [2.75, 3.05) is 18.4 Å². The summed E-state index contributed by atoms with van der Waals surface area (Å²) in [6.07, 6.45) is 2.91. The molecule has 0 aliphatic heterocycles. The summed E-state index contributed by atoms with van der Waals surface area (Å²) >= 11 is 0. The van der Waals surface area contributed by atoms with Gasteiger partial charge in [-0.2, -0.15) is 9.40 Å². The van der Waals surface area contributed by atoms with Gasteiger partial charge in [0.05, 0.1) is 17.4 Å². The predicted molar refractivity (Wildman–Crippen MR) is 113 cm³/mol. The number of amides is 1. The maximum absolute atomic E-state index is 12.5. The monoisotopic (exact) mass is 432 g/mol. The molecule has 1 amide bonds. The summed E-state index contributed by atoms with van der Waals surface area (Å²) in [7, 11) is -1.85. The summed E-state index contributed by atoms with van der Waals surface area (Å²) in [6, 6.07) is 6.02. The van der Waals surface area contributed by atoms with Gasteiger partial charge in [0.15, 0.2) is 5.65 Å². The zero-order chi connectivity index (χ0) is 21.9. The van der Waals surface area contributed by atoms with Crippen LogP contribution in [-0.2, 0) is 28.4 Å². The molecule has 0 aliphatic rings. The van der Waals surface area contributed by atoms with E-state index in [-0.39, 0.29) is 29.3 Å². The summed E-state index contributed by atoms with van der Waals surface area (Å²) in [4.78, 5) is 29.1. The second kappa shape index (κ2) is 8.76. The van der Waals surface area contributed by atoms with Gasteiger partial charge in [0.2, 0.25) is 15.9 Å². The largest absolute Gasteiger partial charge is 0.326 e. The fourth-order valence-electron chi connectivity index (χ4n) is 3.09. The van der Waals surface area contributed by atoms with Gasteiger partial charge in [-0.15, -0.1) is 0 Å². The van der Waals surface area contributed by atoms with E-state index in [1.165, 1.54) is 38.2 Å². The van der Waals surface area contributed by atoms with Crippen molar-refractivity contribution in [1.29, 1.82) is 0 Å². The van der Waals surface area contributed by atoms with Crippen LogP contribution in [-0.4, -0.2) is 51.1 Å². The van der Waals surface area contributed by atoms with Crippen molar-refractivity contribution in [1.82, 2.24) is 23.6 Å². The average Bonchev–Trinajstić information content (AvgIpc) is 3.10. The van der Waals surface area contributed by atoms with E-state index in [0.29, 0.717) is 29.8 Å². The minimum Gasteiger partial charge on any atom is -0.326 e. The number of rotatable bonds is 8. The van der Waals surface area contributed by atoms with Gasteiger partial charge in [0.1, 0.15) is 5.39 Å². The molecule has 1 N–H and O–H groups in total. The molecule has 0 saturated heterocycles. The fraction of sp³-hybridized carbons (Fsp3) is 0.368. The second-order valence-corrected chi connectivity index (χ2v) is 8.60. The van der Waals surface area contributed by atoms with Gasteiger partial charge in [-0.25, -0.2) is 13.4 Å². The van der Waals surface area contributed by atoms with Crippen LogP contribution in [0.2, 0.25) is 0 Å². The highest BCUT2D eigenvalue weighted by atomic mass is 32.2. The second-order valence-electron chi connectivity index (χ2n) is 6.66. The Hall–Kier alpha value is -3.05. The standard InChI is InChI=1S/C19H24N6O4S/c1-4-25(5-2)30(28,29)15-8-6-14(7-9-15)22-17(26)10-11-24-13-20-18-16(19(24)27)12-21-23(18)3/h6-9,12-13H,4-5,10-11H2,1-3H3,(H,22,26). The van der Waals surface area contributed by atoms with E-state index < -0.39 is 10.0 Å². The quantitative estimate of drug-likeness (QED) is 0.571. The Morgan fingerprint density at radius 2 is 1.83 bits per heavy atom. The number of nitrogens with one attached hydrogen (secondary N) is 1. The molecule has 0 unspecified atom stereocenters. The Bertz CT molecular complexity index is 1210. The lowest BCUT2D eigenvalue weighted by Crippen LogP contribution is -2.30. The van der Waals surface area contributed by atoms with Gasteiger partial charge >= 0.3 is 0 Å². The van der Waals surface area contributed by atoms with Gasteiger partial charge in [0, 0.05) is 38.8 Å². The Balaban J connectivity index is 1.64. The third kappa shape index (κ3) is 4.26. The SMILES string of the molecule is CCN(CC)S(=O)(=O)c1ccc(NC(=O)CCn2cnc3c(cnn3C)c2=O)cc1. The Morgan fingerprint density at radius 3 is 2.47 bits per heavy atom. The highest BCUT2D eigenvalue weighted by molar-refractivity contribution is 7.89. The lowest BCUT2D eigenvalue weighted by Gasteiger charge is -2.18. The third-order valence-corrected chi connectivity index (χ3v) is 6.84. The van der Waals surface area contributed by atoms with Crippen LogP contribution in [0.15, 0.2) is 46.5 Å². The van der Waals surface area contributed by atoms with Crippen LogP contribution in [0, 0.1) is 0 Å². The number of aromatic nitrogens is 4. The number of aryl methyl sites for hydroxylation is 2. The predicted octanol–water partition coefficient (Wildman–Crippen LogP) is 1.19. The van der Waals surface area contributed by atoms with Gasteiger partial charge in [0.25, 0.3) is 5.56 Å². The van der Waals surface area contributed by atoms with E-state index in [1.807, 2.05) is 0 Å². The van der Waals surface area contributed by atoms with E-state index in [1.54, 1.807) is 33.0 Å². The molecule has 0 aliphatic carbocycles. The lowest BCUT2D eigenvalue weighted by atomic mass is 10.3. The summed E-state index contributed by atoms with van der Waals surface area (Å²) in [5, 5.41) is 7.11. The van der Waals surface area contributed by atoms with Gasteiger partial charge in [-0.05, 0) is 24.3 Å². The summed E-state index contributed by atoms with van der Waals surface area (Å²) < 4.78 is 29.3. The highest BCUT2D eigenvalue weighted by Crippen LogP contribution is 2.18. The van der Waals surface area contributed by atoms with Crippen molar-refractivity contribution in [3.05, 3.63) is 47.1 Å². The van der Waals surface area contributed by atoms with Crippen LogP contribution in [0.1, 0.15) is 20.3 Å². The van der Waals surface area contributed by atoms with Gasteiger partial charge < -0.3 is 5.32 Å². The van der Waals surface area contributed by atoms with Crippen molar-refractivity contribution >= 4 is 32.7 Å². The zero-order valence-electron chi connectivity index (χ0n) is 17.1. The average molecular weight is 433 g/mol. The number of anilines is 1. The number of carbonyl (C=O) groups is 1. The fourth-order valence-corrected chi connectivity index (χ4v) is 4.55. The smallest absolute Gasteiger partial charge is 0.264 e. The molecule has 0 spiro atoms. The van der Waals surface area contributed by atoms with E-state index in [2.05, 4.69) is 15.4 Å². The molecule has 0 atom stereocenters. The molecule has 0 fully saturated rings. The molecule has 3 aromatic rings. The molecular weight excluding hydrogens is 408 g/mol. The molecule has 0 bridgehead atoms. The molecule has 160 valence electrons. The molecular formula is C19H24N6O4S. The van der Waals surface area contributed by atoms with Crippen LogP contribution in [0.25, 0.3) is 11.0 Å². The number of carbonyl (C=O) groups excluding carboxylic acids is 1. The first-order valence-electron chi connectivity index (χ1n) is 9.55. The Morgan fingerprint density at radius 1 is 1.17 bits per heavy atom. The molecule has 2 heterocycles. The van der Waals surface area contributed by atoms with Crippen molar-refractivity contribution in [3.8, 4) is 0 Å². The Kier molecular flexibility index (Phi) is 6.32. The topological polar surface area (TPSA) is 119 Å². The number of fused-ring (bicyclic) bond motifs is 1. The summed E-state index contributed by atoms with van der Waals surface area (Å²) in [5.41, 5.74) is 0.707. The van der Waals surface area contributed by atoms with Gasteiger partial charge in [-0.3, -0.25) is 18.8 Å². The number of sulfonamides is 1.